The molecule has 4 aromatic rings. The second kappa shape index (κ2) is 8.23. The van der Waals surface area contributed by atoms with Crippen LogP contribution in [0.4, 0.5) is 11.6 Å². The van der Waals surface area contributed by atoms with Gasteiger partial charge in [-0.3, -0.25) is 14.7 Å². The molecule has 0 fully saturated rings. The van der Waals surface area contributed by atoms with Crippen LogP contribution in [0.1, 0.15) is 24.1 Å². The zero-order valence-electron chi connectivity index (χ0n) is 17.8. The maximum Gasteiger partial charge on any atom is 0.338 e. The van der Waals surface area contributed by atoms with Crippen LogP contribution in [0.2, 0.25) is 0 Å². The van der Waals surface area contributed by atoms with E-state index in [0.717, 1.165) is 16.6 Å². The molecule has 3 aromatic carbocycles. The van der Waals surface area contributed by atoms with Crippen LogP contribution < -0.4 is 5.32 Å². The summed E-state index contributed by atoms with van der Waals surface area (Å²) in [5.74, 6) is 0.113. The Balaban J connectivity index is 1.81. The van der Waals surface area contributed by atoms with Crippen molar-refractivity contribution in [3.63, 3.8) is 0 Å². The first kappa shape index (κ1) is 20.4. The summed E-state index contributed by atoms with van der Waals surface area (Å²) in [5, 5.41) is 14.6. The Kier molecular flexibility index (Phi) is 5.10. The smallest absolute Gasteiger partial charge is 0.338 e. The largest absolute Gasteiger partial charge is 0.463 e. The van der Waals surface area contributed by atoms with Gasteiger partial charge in [-0.15, -0.1) is 0 Å². The lowest BCUT2D eigenvalue weighted by Gasteiger charge is -2.31. The van der Waals surface area contributed by atoms with Crippen molar-refractivity contribution < 1.29 is 14.5 Å². The molecule has 0 radical (unpaired) electrons. The summed E-state index contributed by atoms with van der Waals surface area (Å²) in [6.45, 7) is 1.98. The van der Waals surface area contributed by atoms with Crippen molar-refractivity contribution >= 4 is 34.3 Å². The first-order chi connectivity index (χ1) is 16.1. The number of carbonyl (C=O) groups is 1. The van der Waals surface area contributed by atoms with E-state index in [-0.39, 0.29) is 12.3 Å². The fraction of sp³-hybridized carbons (Fsp3) is 0.120. The molecular weight excluding hydrogens is 420 g/mol. The summed E-state index contributed by atoms with van der Waals surface area (Å²) in [7, 11) is 0. The number of non-ortho nitro benzene ring substituents is 1. The summed E-state index contributed by atoms with van der Waals surface area (Å²) >= 11 is 0. The second-order valence-corrected chi connectivity index (χ2v) is 7.55. The van der Waals surface area contributed by atoms with E-state index < -0.39 is 16.9 Å². The highest BCUT2D eigenvalue weighted by Crippen LogP contribution is 2.42. The number of anilines is 1. The molecule has 8 nitrogen and oxygen atoms in total. The third-order valence-electron chi connectivity index (χ3n) is 5.61. The van der Waals surface area contributed by atoms with E-state index in [9.17, 15) is 14.9 Å². The van der Waals surface area contributed by atoms with Crippen LogP contribution in [0, 0.1) is 10.1 Å². The van der Waals surface area contributed by atoms with Gasteiger partial charge in [-0.2, -0.15) is 0 Å². The van der Waals surface area contributed by atoms with Crippen molar-refractivity contribution in [2.75, 3.05) is 11.9 Å². The lowest BCUT2D eigenvalue weighted by atomic mass is 9.92. The number of para-hydroxylation sites is 2. The predicted molar refractivity (Wildman–Crippen MR) is 125 cm³/mol. The number of hydrogen-bond donors (Lipinski definition) is 1. The molecule has 0 unspecified atom stereocenters. The highest BCUT2D eigenvalue weighted by atomic mass is 16.6. The van der Waals surface area contributed by atoms with Crippen LogP contribution >= 0.6 is 0 Å². The number of esters is 1. The van der Waals surface area contributed by atoms with E-state index in [1.165, 1.54) is 12.1 Å². The molecule has 5 rings (SSSR count). The summed E-state index contributed by atoms with van der Waals surface area (Å²) in [4.78, 5) is 28.9. The lowest BCUT2D eigenvalue weighted by Crippen LogP contribution is -2.29. The Morgan fingerprint density at radius 1 is 1.06 bits per heavy atom. The van der Waals surface area contributed by atoms with Crippen molar-refractivity contribution in [3.8, 4) is 0 Å². The summed E-state index contributed by atoms with van der Waals surface area (Å²) in [6, 6.07) is 22.8. The molecule has 1 N–H and O–H groups in total. The maximum absolute atomic E-state index is 13.3. The normalized spacial score (nSPS) is 15.1. The highest BCUT2D eigenvalue weighted by molar-refractivity contribution is 6.03. The third-order valence-corrected chi connectivity index (χ3v) is 5.61. The standard InChI is InChI=1S/C25H20N4O4/c1-2-33-24(30)21-22(16-8-4-3-5-9-16)27-25-26-19-10-6-7-11-20(19)28(25)23(21)17-12-14-18(15-13-17)29(31)32/h3-15,23H,2H2,1H3,(H,26,27)/t23-/m1/s1. The SMILES string of the molecule is CCOC(=O)C1=C(c2ccccc2)Nc2nc3ccccc3n2[C@@H]1c1ccc([N+](=O)[O-])cc1. The van der Waals surface area contributed by atoms with Gasteiger partial charge in [-0.05, 0) is 42.3 Å². The van der Waals surface area contributed by atoms with Gasteiger partial charge in [-0.25, -0.2) is 9.78 Å². The molecule has 1 aliphatic rings. The fourth-order valence-electron chi connectivity index (χ4n) is 4.19. The van der Waals surface area contributed by atoms with Crippen LogP contribution in [-0.2, 0) is 9.53 Å². The summed E-state index contributed by atoms with van der Waals surface area (Å²) in [5.41, 5.74) is 4.11. The van der Waals surface area contributed by atoms with E-state index in [0.29, 0.717) is 22.8 Å². The van der Waals surface area contributed by atoms with Crippen LogP contribution in [0.15, 0.2) is 84.4 Å². The first-order valence-corrected chi connectivity index (χ1v) is 10.5. The molecule has 0 amide bonds. The van der Waals surface area contributed by atoms with Gasteiger partial charge in [-0.1, -0.05) is 42.5 Å². The van der Waals surface area contributed by atoms with Crippen molar-refractivity contribution in [2.45, 2.75) is 13.0 Å². The Morgan fingerprint density at radius 3 is 2.45 bits per heavy atom. The molecule has 0 saturated heterocycles. The van der Waals surface area contributed by atoms with E-state index in [4.69, 9.17) is 9.72 Å². The van der Waals surface area contributed by atoms with E-state index in [2.05, 4.69) is 5.32 Å². The Labute approximate surface area is 189 Å². The number of aromatic nitrogens is 2. The molecule has 1 atom stereocenters. The minimum atomic E-state index is -0.594. The van der Waals surface area contributed by atoms with Gasteiger partial charge in [0, 0.05) is 12.1 Å². The Hall–Kier alpha value is -4.46. The number of fused-ring (bicyclic) bond motifs is 3. The van der Waals surface area contributed by atoms with Gasteiger partial charge < -0.3 is 10.1 Å². The fourth-order valence-corrected chi connectivity index (χ4v) is 4.19. The van der Waals surface area contributed by atoms with Crippen LogP contribution in [-0.4, -0.2) is 27.1 Å². The van der Waals surface area contributed by atoms with Gasteiger partial charge in [0.2, 0.25) is 5.95 Å². The van der Waals surface area contributed by atoms with E-state index in [1.54, 1.807) is 19.1 Å². The number of rotatable bonds is 5. The van der Waals surface area contributed by atoms with Gasteiger partial charge in [0.1, 0.15) is 0 Å². The van der Waals surface area contributed by atoms with Crippen molar-refractivity contribution in [1.29, 1.82) is 0 Å². The molecule has 1 aromatic heterocycles. The number of ether oxygens (including phenoxy) is 1. The minimum Gasteiger partial charge on any atom is -0.463 e. The number of nitrogens with one attached hydrogen (secondary N) is 1. The van der Waals surface area contributed by atoms with Crippen molar-refractivity contribution in [2.24, 2.45) is 0 Å². The number of imidazole rings is 1. The summed E-state index contributed by atoms with van der Waals surface area (Å²) < 4.78 is 7.41. The number of nitro benzene ring substituents is 1. The maximum atomic E-state index is 13.3. The molecular formula is C25H20N4O4. The topological polar surface area (TPSA) is 99.3 Å². The highest BCUT2D eigenvalue weighted by Gasteiger charge is 2.36. The number of hydrogen-bond acceptors (Lipinski definition) is 6. The quantitative estimate of drug-likeness (QED) is 0.268. The summed E-state index contributed by atoms with van der Waals surface area (Å²) in [6.07, 6.45) is 0. The molecule has 0 aliphatic carbocycles. The average Bonchev–Trinajstić information content (AvgIpc) is 3.22. The molecule has 2 heterocycles. The molecule has 0 bridgehead atoms. The molecule has 0 spiro atoms. The second-order valence-electron chi connectivity index (χ2n) is 7.55. The Bertz CT molecular complexity index is 1390. The first-order valence-electron chi connectivity index (χ1n) is 10.5. The van der Waals surface area contributed by atoms with Crippen molar-refractivity contribution in [1.82, 2.24) is 9.55 Å². The van der Waals surface area contributed by atoms with Gasteiger partial charge in [0.15, 0.2) is 0 Å². The number of nitrogens with zero attached hydrogens (tertiary/aromatic N) is 3. The van der Waals surface area contributed by atoms with E-state index >= 15 is 0 Å². The van der Waals surface area contributed by atoms with Gasteiger partial charge in [0.25, 0.3) is 5.69 Å². The third kappa shape index (κ3) is 3.51. The molecule has 33 heavy (non-hydrogen) atoms. The lowest BCUT2D eigenvalue weighted by molar-refractivity contribution is -0.384. The van der Waals surface area contributed by atoms with Crippen LogP contribution in [0.3, 0.4) is 0 Å². The van der Waals surface area contributed by atoms with Crippen LogP contribution in [0.25, 0.3) is 16.7 Å². The molecule has 0 saturated carbocycles. The molecule has 164 valence electrons. The minimum absolute atomic E-state index is 0.0201. The predicted octanol–water partition coefficient (Wildman–Crippen LogP) is 4.93. The monoisotopic (exact) mass is 440 g/mol. The van der Waals surface area contributed by atoms with Crippen LogP contribution in [0.5, 0.6) is 0 Å². The zero-order valence-corrected chi connectivity index (χ0v) is 17.8. The Morgan fingerprint density at radius 2 is 1.76 bits per heavy atom. The number of nitro groups is 1. The van der Waals surface area contributed by atoms with Crippen molar-refractivity contribution in [3.05, 3.63) is 106 Å². The van der Waals surface area contributed by atoms with Gasteiger partial charge >= 0.3 is 5.97 Å². The molecule has 1 aliphatic heterocycles. The van der Waals surface area contributed by atoms with Gasteiger partial charge in [0.05, 0.1) is 39.9 Å². The zero-order chi connectivity index (χ0) is 22.9. The van der Waals surface area contributed by atoms with E-state index in [1.807, 2.05) is 59.2 Å². The average molecular weight is 440 g/mol. The number of carbonyl (C=O) groups excluding carboxylic acids is 1. The number of benzene rings is 3. The molecule has 8 heteroatoms.